The minimum Gasteiger partial charge on any atom is -0.436 e. The molecule has 0 radical (unpaired) electrons. The molecular formula is C20H12Cl2N2O2. The summed E-state index contributed by atoms with van der Waals surface area (Å²) in [4.78, 5) is 16.9. The van der Waals surface area contributed by atoms with Crippen LogP contribution in [0.5, 0.6) is 0 Å². The van der Waals surface area contributed by atoms with Gasteiger partial charge in [-0.25, -0.2) is 4.98 Å². The van der Waals surface area contributed by atoms with Crippen LogP contribution in [0.3, 0.4) is 0 Å². The highest BCUT2D eigenvalue weighted by atomic mass is 35.5. The van der Waals surface area contributed by atoms with Gasteiger partial charge in [-0.1, -0.05) is 35.3 Å². The normalized spacial score (nSPS) is 10.8. The SMILES string of the molecule is O=C(Nc1ccc2oc(-c3ccc(Cl)cc3)nc2c1)c1ccccc1Cl. The van der Waals surface area contributed by atoms with E-state index in [-0.39, 0.29) is 5.91 Å². The Balaban J connectivity index is 1.62. The van der Waals surface area contributed by atoms with Gasteiger partial charge in [-0.3, -0.25) is 4.79 Å². The lowest BCUT2D eigenvalue weighted by Crippen LogP contribution is -2.12. The monoisotopic (exact) mass is 382 g/mol. The molecule has 0 spiro atoms. The van der Waals surface area contributed by atoms with Gasteiger partial charge in [0.15, 0.2) is 5.58 Å². The molecule has 4 rings (SSSR count). The maximum Gasteiger partial charge on any atom is 0.257 e. The number of fused-ring (bicyclic) bond motifs is 1. The number of hydrogen-bond acceptors (Lipinski definition) is 3. The average Bonchev–Trinajstić information content (AvgIpc) is 3.06. The van der Waals surface area contributed by atoms with Gasteiger partial charge in [0, 0.05) is 16.3 Å². The smallest absolute Gasteiger partial charge is 0.257 e. The Labute approximate surface area is 159 Å². The van der Waals surface area contributed by atoms with Gasteiger partial charge in [0.2, 0.25) is 5.89 Å². The number of halogens is 2. The zero-order valence-electron chi connectivity index (χ0n) is 13.4. The van der Waals surface area contributed by atoms with E-state index in [4.69, 9.17) is 27.6 Å². The maximum absolute atomic E-state index is 12.4. The first-order valence-corrected chi connectivity index (χ1v) is 8.58. The second-order valence-corrected chi connectivity index (χ2v) is 6.49. The molecule has 0 unspecified atom stereocenters. The van der Waals surface area contributed by atoms with Crippen LogP contribution in [0.15, 0.2) is 71.1 Å². The molecule has 1 heterocycles. The number of hydrogen-bond donors (Lipinski definition) is 1. The first kappa shape index (κ1) is 16.6. The molecule has 0 saturated carbocycles. The maximum atomic E-state index is 12.4. The molecule has 1 N–H and O–H groups in total. The summed E-state index contributed by atoms with van der Waals surface area (Å²) in [6.45, 7) is 0. The van der Waals surface area contributed by atoms with Crippen LogP contribution in [0, 0.1) is 0 Å². The van der Waals surface area contributed by atoms with Gasteiger partial charge in [-0.05, 0) is 54.6 Å². The second kappa shape index (κ2) is 6.83. The van der Waals surface area contributed by atoms with E-state index >= 15 is 0 Å². The topological polar surface area (TPSA) is 55.1 Å². The van der Waals surface area contributed by atoms with Crippen LogP contribution in [-0.2, 0) is 0 Å². The van der Waals surface area contributed by atoms with Crippen molar-refractivity contribution in [2.75, 3.05) is 5.32 Å². The van der Waals surface area contributed by atoms with Gasteiger partial charge in [0.1, 0.15) is 5.52 Å². The van der Waals surface area contributed by atoms with Crippen molar-refractivity contribution in [3.63, 3.8) is 0 Å². The van der Waals surface area contributed by atoms with Crippen molar-refractivity contribution < 1.29 is 9.21 Å². The number of aromatic nitrogens is 1. The van der Waals surface area contributed by atoms with Crippen molar-refractivity contribution in [2.45, 2.75) is 0 Å². The highest BCUT2D eigenvalue weighted by Gasteiger charge is 2.12. The number of anilines is 1. The summed E-state index contributed by atoms with van der Waals surface area (Å²) in [6.07, 6.45) is 0. The van der Waals surface area contributed by atoms with Crippen LogP contribution >= 0.6 is 23.2 Å². The minimum absolute atomic E-state index is 0.281. The van der Waals surface area contributed by atoms with Crippen LogP contribution in [0.1, 0.15) is 10.4 Å². The number of nitrogens with one attached hydrogen (secondary N) is 1. The molecule has 26 heavy (non-hydrogen) atoms. The molecule has 6 heteroatoms. The molecular weight excluding hydrogens is 371 g/mol. The zero-order valence-corrected chi connectivity index (χ0v) is 14.9. The largest absolute Gasteiger partial charge is 0.436 e. The molecule has 4 aromatic rings. The lowest BCUT2D eigenvalue weighted by molar-refractivity contribution is 0.102. The van der Waals surface area contributed by atoms with Gasteiger partial charge in [0.25, 0.3) is 5.91 Å². The number of oxazole rings is 1. The fourth-order valence-electron chi connectivity index (χ4n) is 2.56. The Morgan fingerprint density at radius 1 is 0.962 bits per heavy atom. The van der Waals surface area contributed by atoms with Gasteiger partial charge in [0.05, 0.1) is 10.6 Å². The minimum atomic E-state index is -0.281. The zero-order chi connectivity index (χ0) is 18.1. The first-order chi connectivity index (χ1) is 12.6. The van der Waals surface area contributed by atoms with E-state index in [1.165, 1.54) is 0 Å². The first-order valence-electron chi connectivity index (χ1n) is 7.82. The third-order valence-electron chi connectivity index (χ3n) is 3.86. The quantitative estimate of drug-likeness (QED) is 0.468. The fourth-order valence-corrected chi connectivity index (χ4v) is 2.91. The summed E-state index contributed by atoms with van der Waals surface area (Å²) >= 11 is 12.0. The molecule has 0 aliphatic heterocycles. The summed E-state index contributed by atoms with van der Waals surface area (Å²) in [7, 11) is 0. The van der Waals surface area contributed by atoms with Crippen LogP contribution in [-0.4, -0.2) is 10.9 Å². The molecule has 0 fully saturated rings. The Kier molecular flexibility index (Phi) is 4.37. The molecule has 0 aliphatic carbocycles. The molecule has 0 atom stereocenters. The Morgan fingerprint density at radius 2 is 1.73 bits per heavy atom. The summed E-state index contributed by atoms with van der Waals surface area (Å²) < 4.78 is 5.77. The molecule has 0 saturated heterocycles. The van der Waals surface area contributed by atoms with Crippen molar-refractivity contribution in [1.29, 1.82) is 0 Å². The van der Waals surface area contributed by atoms with E-state index in [1.54, 1.807) is 54.6 Å². The van der Waals surface area contributed by atoms with Crippen molar-refractivity contribution in [3.8, 4) is 11.5 Å². The van der Waals surface area contributed by atoms with Crippen LogP contribution in [0.4, 0.5) is 5.69 Å². The van der Waals surface area contributed by atoms with Crippen LogP contribution in [0.2, 0.25) is 10.0 Å². The van der Waals surface area contributed by atoms with E-state index in [2.05, 4.69) is 10.3 Å². The highest BCUT2D eigenvalue weighted by Crippen LogP contribution is 2.27. The van der Waals surface area contributed by atoms with Gasteiger partial charge in [-0.2, -0.15) is 0 Å². The number of benzene rings is 3. The number of amides is 1. The molecule has 0 bridgehead atoms. The van der Waals surface area contributed by atoms with Gasteiger partial charge >= 0.3 is 0 Å². The van der Waals surface area contributed by atoms with Crippen molar-refractivity contribution >= 4 is 45.9 Å². The van der Waals surface area contributed by atoms with E-state index in [1.807, 2.05) is 12.1 Å². The lowest BCUT2D eigenvalue weighted by atomic mass is 10.2. The van der Waals surface area contributed by atoms with Crippen LogP contribution < -0.4 is 5.32 Å². The third-order valence-corrected chi connectivity index (χ3v) is 4.44. The summed E-state index contributed by atoms with van der Waals surface area (Å²) in [5, 5.41) is 3.87. The molecule has 3 aromatic carbocycles. The van der Waals surface area contributed by atoms with Gasteiger partial charge in [-0.15, -0.1) is 0 Å². The van der Waals surface area contributed by atoms with Crippen LogP contribution in [0.25, 0.3) is 22.6 Å². The fraction of sp³-hybridized carbons (Fsp3) is 0. The van der Waals surface area contributed by atoms with Gasteiger partial charge < -0.3 is 9.73 Å². The summed E-state index contributed by atoms with van der Waals surface area (Å²) in [6, 6.07) is 19.4. The number of rotatable bonds is 3. The molecule has 128 valence electrons. The predicted molar refractivity (Wildman–Crippen MR) is 104 cm³/mol. The standard InChI is InChI=1S/C20H12Cl2N2O2/c21-13-7-5-12(6-8-13)20-24-17-11-14(9-10-18(17)26-20)23-19(25)15-3-1-2-4-16(15)22/h1-11H,(H,23,25). The lowest BCUT2D eigenvalue weighted by Gasteiger charge is -2.06. The van der Waals surface area contributed by atoms with E-state index in [9.17, 15) is 4.79 Å². The van der Waals surface area contributed by atoms with Crippen molar-refractivity contribution in [1.82, 2.24) is 4.98 Å². The van der Waals surface area contributed by atoms with E-state index in [0.717, 1.165) is 5.56 Å². The summed E-state index contributed by atoms with van der Waals surface area (Å²) in [5.41, 5.74) is 3.12. The average molecular weight is 383 g/mol. The number of carbonyl (C=O) groups is 1. The predicted octanol–water partition coefficient (Wildman–Crippen LogP) is 6.05. The number of nitrogens with zero attached hydrogens (tertiary/aromatic N) is 1. The molecule has 4 nitrogen and oxygen atoms in total. The van der Waals surface area contributed by atoms with E-state index in [0.29, 0.717) is 38.3 Å². The highest BCUT2D eigenvalue weighted by molar-refractivity contribution is 6.34. The number of carbonyl (C=O) groups excluding carboxylic acids is 1. The van der Waals surface area contributed by atoms with E-state index < -0.39 is 0 Å². The summed E-state index contributed by atoms with van der Waals surface area (Å²) in [5.74, 6) is 0.211. The second-order valence-electron chi connectivity index (χ2n) is 5.64. The van der Waals surface area contributed by atoms with Crippen molar-refractivity contribution in [2.24, 2.45) is 0 Å². The Bertz CT molecular complexity index is 1100. The Morgan fingerprint density at radius 3 is 2.50 bits per heavy atom. The van der Waals surface area contributed by atoms with Crippen molar-refractivity contribution in [3.05, 3.63) is 82.3 Å². The Hall–Kier alpha value is -2.82. The molecule has 1 aromatic heterocycles. The molecule has 0 aliphatic rings. The third kappa shape index (κ3) is 3.29. The molecule has 1 amide bonds.